The van der Waals surface area contributed by atoms with E-state index in [0.29, 0.717) is 12.8 Å². The Kier molecular flexibility index (Phi) is 4.93. The molecule has 1 fully saturated rings. The molecule has 5 nitrogen and oxygen atoms in total. The molecule has 1 aliphatic heterocycles. The normalized spacial score (nSPS) is 18.8. The Hall–Kier alpha value is -2.31. The van der Waals surface area contributed by atoms with E-state index < -0.39 is 0 Å². The van der Waals surface area contributed by atoms with E-state index in [2.05, 4.69) is 55.0 Å². The van der Waals surface area contributed by atoms with Crippen molar-refractivity contribution in [2.24, 2.45) is 5.73 Å². The average molecular weight is 395 g/mol. The van der Waals surface area contributed by atoms with Gasteiger partial charge in [-0.05, 0) is 62.4 Å². The third kappa shape index (κ3) is 3.80. The highest BCUT2D eigenvalue weighted by molar-refractivity contribution is 7.98. The minimum atomic E-state index is -0.183. The van der Waals surface area contributed by atoms with Crippen molar-refractivity contribution in [1.29, 1.82) is 0 Å². The number of fused-ring (bicyclic) bond motifs is 1. The third-order valence-corrected chi connectivity index (χ3v) is 6.65. The van der Waals surface area contributed by atoms with Crippen molar-refractivity contribution in [3.8, 4) is 0 Å². The summed E-state index contributed by atoms with van der Waals surface area (Å²) < 4.78 is 1.91. The van der Waals surface area contributed by atoms with Crippen LogP contribution in [0.1, 0.15) is 55.4 Å². The van der Waals surface area contributed by atoms with Crippen molar-refractivity contribution in [2.75, 3.05) is 0 Å². The van der Waals surface area contributed by atoms with Crippen LogP contribution in [0, 0.1) is 0 Å². The quantitative estimate of drug-likeness (QED) is 0.638. The van der Waals surface area contributed by atoms with Crippen molar-refractivity contribution >= 4 is 28.9 Å². The number of hydrogen-bond donors (Lipinski definition) is 2. The highest BCUT2D eigenvalue weighted by atomic mass is 32.2. The number of amides is 1. The monoisotopic (exact) mass is 394 g/mol. The van der Waals surface area contributed by atoms with Crippen LogP contribution in [0.2, 0.25) is 0 Å². The molecule has 0 unspecified atom stereocenters. The number of H-pyrrole nitrogens is 1. The van der Waals surface area contributed by atoms with Crippen molar-refractivity contribution < 1.29 is 4.79 Å². The van der Waals surface area contributed by atoms with Gasteiger partial charge in [0.05, 0.1) is 22.3 Å². The van der Waals surface area contributed by atoms with E-state index in [1.165, 1.54) is 11.1 Å². The van der Waals surface area contributed by atoms with Gasteiger partial charge in [-0.3, -0.25) is 9.10 Å². The second kappa shape index (κ2) is 7.26. The van der Waals surface area contributed by atoms with E-state index in [9.17, 15) is 4.79 Å². The van der Waals surface area contributed by atoms with Crippen molar-refractivity contribution in [1.82, 2.24) is 14.3 Å². The second-order valence-corrected chi connectivity index (χ2v) is 9.49. The Balaban J connectivity index is 1.44. The molecule has 146 valence electrons. The number of nitrogens with two attached hydrogens (primary N) is 1. The number of nitrogens with zero attached hydrogens (tertiary/aromatic N) is 2. The Morgan fingerprint density at radius 3 is 2.57 bits per heavy atom. The SMILES string of the molecule is CC(C)(C)N1S[C@H](c2ccc(C[C@H](N)c3nc4ccccc4[nH]3)cc2)CC1=O. The van der Waals surface area contributed by atoms with Gasteiger partial charge in [0.2, 0.25) is 5.91 Å². The van der Waals surface area contributed by atoms with Gasteiger partial charge in [-0.25, -0.2) is 4.98 Å². The molecule has 0 radical (unpaired) electrons. The molecule has 0 saturated carbocycles. The van der Waals surface area contributed by atoms with E-state index in [0.717, 1.165) is 16.9 Å². The lowest BCUT2D eigenvalue weighted by molar-refractivity contribution is -0.127. The van der Waals surface area contributed by atoms with Crippen molar-refractivity contribution in [3.63, 3.8) is 0 Å². The van der Waals surface area contributed by atoms with Crippen molar-refractivity contribution in [2.45, 2.75) is 50.4 Å². The number of hydrogen-bond acceptors (Lipinski definition) is 4. The summed E-state index contributed by atoms with van der Waals surface area (Å²) in [5.41, 5.74) is 10.5. The van der Waals surface area contributed by atoms with Crippen LogP contribution in [-0.2, 0) is 11.2 Å². The molecule has 6 heteroatoms. The number of rotatable bonds is 4. The molecule has 2 atom stereocenters. The first-order valence-corrected chi connectivity index (χ1v) is 10.4. The van der Waals surface area contributed by atoms with Crippen LogP contribution in [0.5, 0.6) is 0 Å². The van der Waals surface area contributed by atoms with Crippen LogP contribution >= 0.6 is 11.9 Å². The molecule has 0 bridgehead atoms. The zero-order valence-corrected chi connectivity index (χ0v) is 17.3. The molecule has 1 aliphatic rings. The van der Waals surface area contributed by atoms with Gasteiger partial charge in [0, 0.05) is 12.0 Å². The van der Waals surface area contributed by atoms with E-state index >= 15 is 0 Å². The number of benzene rings is 2. The van der Waals surface area contributed by atoms with Crippen molar-refractivity contribution in [3.05, 3.63) is 65.5 Å². The number of aromatic nitrogens is 2. The van der Waals surface area contributed by atoms with Crippen LogP contribution in [-0.4, -0.2) is 25.7 Å². The maximum Gasteiger partial charge on any atom is 0.234 e. The van der Waals surface area contributed by atoms with E-state index in [-0.39, 0.29) is 22.7 Å². The smallest absolute Gasteiger partial charge is 0.234 e. The lowest BCUT2D eigenvalue weighted by atomic mass is 10.0. The molecule has 1 saturated heterocycles. The minimum absolute atomic E-state index is 0.157. The Bertz CT molecular complexity index is 957. The molecule has 0 aliphatic carbocycles. The van der Waals surface area contributed by atoms with Gasteiger partial charge in [-0.1, -0.05) is 36.4 Å². The number of aromatic amines is 1. The molecule has 1 amide bonds. The number of imidazole rings is 1. The maximum absolute atomic E-state index is 12.3. The van der Waals surface area contributed by atoms with E-state index in [1.54, 1.807) is 11.9 Å². The van der Waals surface area contributed by atoms with Crippen LogP contribution in [0.25, 0.3) is 11.0 Å². The first-order valence-electron chi connectivity index (χ1n) is 9.60. The number of nitrogens with one attached hydrogen (secondary N) is 1. The summed E-state index contributed by atoms with van der Waals surface area (Å²) in [5, 5.41) is 0.185. The summed E-state index contributed by atoms with van der Waals surface area (Å²) in [5.74, 6) is 1.02. The molecule has 3 aromatic rings. The molecule has 3 N–H and O–H groups in total. The summed E-state index contributed by atoms with van der Waals surface area (Å²) in [4.78, 5) is 20.2. The zero-order chi connectivity index (χ0) is 19.9. The summed E-state index contributed by atoms with van der Waals surface area (Å²) >= 11 is 1.64. The highest BCUT2D eigenvalue weighted by Gasteiger charge is 2.38. The summed E-state index contributed by atoms with van der Waals surface area (Å²) in [6, 6.07) is 16.2. The van der Waals surface area contributed by atoms with Gasteiger partial charge in [0.15, 0.2) is 0 Å². The Morgan fingerprint density at radius 2 is 1.93 bits per heavy atom. The van der Waals surface area contributed by atoms with Crippen LogP contribution < -0.4 is 5.73 Å². The zero-order valence-electron chi connectivity index (χ0n) is 16.5. The van der Waals surface area contributed by atoms with Gasteiger partial charge in [0.25, 0.3) is 0 Å². The first-order chi connectivity index (χ1) is 13.3. The number of carbonyl (C=O) groups is 1. The van der Waals surface area contributed by atoms with Crippen LogP contribution in [0.4, 0.5) is 0 Å². The number of carbonyl (C=O) groups excluding carboxylic acids is 1. The standard InChI is InChI=1S/C22H26N4OS/c1-22(2,3)26-20(27)13-19(28-26)15-10-8-14(9-11-15)12-16(23)21-24-17-6-4-5-7-18(17)25-21/h4-11,16,19H,12-13,23H2,1-3H3,(H,24,25)/t16-,19-/m0/s1. The molecule has 1 aromatic heterocycles. The Morgan fingerprint density at radius 1 is 1.21 bits per heavy atom. The molecule has 28 heavy (non-hydrogen) atoms. The maximum atomic E-state index is 12.3. The largest absolute Gasteiger partial charge is 0.341 e. The first kappa shape index (κ1) is 19.0. The lowest BCUT2D eigenvalue weighted by Gasteiger charge is -2.30. The fourth-order valence-corrected chi connectivity index (χ4v) is 4.80. The van der Waals surface area contributed by atoms with Crippen LogP contribution in [0.15, 0.2) is 48.5 Å². The van der Waals surface area contributed by atoms with Gasteiger partial charge in [0.1, 0.15) is 5.82 Å². The molecular weight excluding hydrogens is 368 g/mol. The molecular formula is C22H26N4OS. The fourth-order valence-electron chi connectivity index (χ4n) is 3.54. The van der Waals surface area contributed by atoms with E-state index in [1.807, 2.05) is 28.6 Å². The molecule has 0 spiro atoms. The van der Waals surface area contributed by atoms with Gasteiger partial charge in [-0.15, -0.1) is 0 Å². The molecule has 4 rings (SSSR count). The van der Waals surface area contributed by atoms with Crippen LogP contribution in [0.3, 0.4) is 0 Å². The number of para-hydroxylation sites is 2. The summed E-state index contributed by atoms with van der Waals surface area (Å²) in [6.45, 7) is 6.22. The third-order valence-electron chi connectivity index (χ3n) is 4.99. The summed E-state index contributed by atoms with van der Waals surface area (Å²) in [6.07, 6.45) is 1.27. The summed E-state index contributed by atoms with van der Waals surface area (Å²) in [7, 11) is 0. The van der Waals surface area contributed by atoms with Gasteiger partial charge in [-0.2, -0.15) is 0 Å². The second-order valence-electron chi connectivity index (χ2n) is 8.35. The molecule has 2 heterocycles. The van der Waals surface area contributed by atoms with Gasteiger partial charge < -0.3 is 10.7 Å². The lowest BCUT2D eigenvalue weighted by Crippen LogP contribution is -2.37. The fraction of sp³-hybridized carbons (Fsp3) is 0.364. The van der Waals surface area contributed by atoms with E-state index in [4.69, 9.17) is 5.73 Å². The topological polar surface area (TPSA) is 75.0 Å². The Labute approximate surface area is 169 Å². The predicted molar refractivity (Wildman–Crippen MR) is 115 cm³/mol. The predicted octanol–water partition coefficient (Wildman–Crippen LogP) is 4.53. The molecule has 2 aromatic carbocycles. The van der Waals surface area contributed by atoms with Gasteiger partial charge >= 0.3 is 0 Å². The average Bonchev–Trinajstić information content (AvgIpc) is 3.25. The minimum Gasteiger partial charge on any atom is -0.341 e. The highest BCUT2D eigenvalue weighted by Crippen LogP contribution is 2.45.